The molecular weight excluding hydrogens is 372 g/mol. The lowest BCUT2D eigenvalue weighted by Gasteiger charge is -2.14. The Labute approximate surface area is 171 Å². The summed E-state index contributed by atoms with van der Waals surface area (Å²) < 4.78 is 16.9. The quantitative estimate of drug-likeness (QED) is 0.306. The van der Waals surface area contributed by atoms with Gasteiger partial charge in [0, 0.05) is 6.42 Å². The predicted octanol–water partition coefficient (Wildman–Crippen LogP) is 4.65. The second kappa shape index (κ2) is 11.6. The Bertz CT molecular complexity index is 811. The van der Waals surface area contributed by atoms with E-state index in [2.05, 4.69) is 6.92 Å². The number of ether oxygens (including phenoxy) is 3. The van der Waals surface area contributed by atoms with Crippen LogP contribution in [0.15, 0.2) is 48.2 Å². The fraction of sp³-hybridized carbons (Fsp3) is 0.348. The van der Waals surface area contributed by atoms with E-state index in [-0.39, 0.29) is 18.1 Å². The van der Waals surface area contributed by atoms with Crippen LogP contribution in [0.1, 0.15) is 37.8 Å². The number of hydrogen-bond donors (Lipinski definition) is 2. The number of carboxylic acid groups (broad SMARTS) is 1. The highest BCUT2D eigenvalue weighted by molar-refractivity contribution is 5.90. The average molecular weight is 400 g/mol. The van der Waals surface area contributed by atoms with E-state index in [1.807, 2.05) is 12.1 Å². The number of benzene rings is 2. The molecular formula is C23H28O6. The minimum absolute atomic E-state index is 0.118. The summed E-state index contributed by atoms with van der Waals surface area (Å²) in [7, 11) is 0. The fourth-order valence-corrected chi connectivity index (χ4v) is 2.59. The van der Waals surface area contributed by atoms with E-state index in [0.29, 0.717) is 36.7 Å². The zero-order chi connectivity index (χ0) is 21.1. The summed E-state index contributed by atoms with van der Waals surface area (Å²) in [5.74, 6) is 0.171. The molecule has 156 valence electrons. The lowest BCUT2D eigenvalue weighted by molar-refractivity contribution is -0.136. The molecule has 6 heteroatoms. The van der Waals surface area contributed by atoms with Crippen molar-refractivity contribution in [3.63, 3.8) is 0 Å². The van der Waals surface area contributed by atoms with Gasteiger partial charge in [0.05, 0.1) is 19.8 Å². The molecule has 0 aliphatic carbocycles. The van der Waals surface area contributed by atoms with Gasteiger partial charge in [0.2, 0.25) is 5.76 Å². The molecule has 2 aromatic carbocycles. The molecule has 2 N–H and O–H groups in total. The van der Waals surface area contributed by atoms with Gasteiger partial charge in [-0.05, 0) is 54.8 Å². The van der Waals surface area contributed by atoms with Crippen molar-refractivity contribution < 1.29 is 29.2 Å². The van der Waals surface area contributed by atoms with Crippen LogP contribution in [0.25, 0.3) is 6.08 Å². The van der Waals surface area contributed by atoms with Crippen molar-refractivity contribution >= 4 is 12.0 Å². The molecule has 0 spiro atoms. The second-order valence-corrected chi connectivity index (χ2v) is 6.42. The summed E-state index contributed by atoms with van der Waals surface area (Å²) in [6, 6.07) is 12.3. The molecule has 0 bridgehead atoms. The van der Waals surface area contributed by atoms with E-state index in [1.165, 1.54) is 6.08 Å². The van der Waals surface area contributed by atoms with Gasteiger partial charge in [0.15, 0.2) is 11.5 Å². The third-order valence-corrected chi connectivity index (χ3v) is 4.12. The van der Waals surface area contributed by atoms with Crippen LogP contribution in [-0.4, -0.2) is 36.0 Å². The number of unbranched alkanes of at least 4 members (excludes halogenated alkanes) is 1. The molecule has 0 aromatic heterocycles. The van der Waals surface area contributed by atoms with Crippen molar-refractivity contribution in [1.82, 2.24) is 0 Å². The first kappa shape index (κ1) is 22.1. The zero-order valence-corrected chi connectivity index (χ0v) is 16.9. The smallest absolute Gasteiger partial charge is 0.371 e. The lowest BCUT2D eigenvalue weighted by Crippen LogP contribution is -2.06. The average Bonchev–Trinajstić information content (AvgIpc) is 2.70. The predicted molar refractivity (Wildman–Crippen MR) is 111 cm³/mol. The van der Waals surface area contributed by atoms with Crippen LogP contribution in [0.4, 0.5) is 0 Å². The Morgan fingerprint density at radius 2 is 1.72 bits per heavy atom. The van der Waals surface area contributed by atoms with Gasteiger partial charge < -0.3 is 24.4 Å². The van der Waals surface area contributed by atoms with E-state index in [1.54, 1.807) is 37.3 Å². The number of aromatic hydroxyl groups is 1. The number of rotatable bonds is 12. The Balaban J connectivity index is 2.13. The van der Waals surface area contributed by atoms with Gasteiger partial charge in [-0.25, -0.2) is 4.79 Å². The van der Waals surface area contributed by atoms with Gasteiger partial charge >= 0.3 is 5.97 Å². The summed E-state index contributed by atoms with van der Waals surface area (Å²) in [5.41, 5.74) is 1.71. The van der Waals surface area contributed by atoms with Gasteiger partial charge in [-0.1, -0.05) is 31.5 Å². The monoisotopic (exact) mass is 400 g/mol. The number of aliphatic carboxylic acids is 1. The molecule has 0 unspecified atom stereocenters. The molecule has 0 radical (unpaired) electrons. The van der Waals surface area contributed by atoms with E-state index < -0.39 is 5.97 Å². The van der Waals surface area contributed by atoms with E-state index in [9.17, 15) is 15.0 Å². The molecule has 2 aromatic rings. The second-order valence-electron chi connectivity index (χ2n) is 6.42. The molecule has 0 aliphatic rings. The number of carbonyl (C=O) groups is 1. The molecule has 0 saturated heterocycles. The number of carboxylic acids is 1. The molecule has 0 atom stereocenters. The maximum Gasteiger partial charge on any atom is 0.371 e. The van der Waals surface area contributed by atoms with Crippen molar-refractivity contribution in [1.29, 1.82) is 0 Å². The summed E-state index contributed by atoms with van der Waals surface area (Å²) in [6.07, 6.45) is 4.07. The topological polar surface area (TPSA) is 85.2 Å². The Kier molecular flexibility index (Phi) is 8.89. The number of phenolic OH excluding ortho intramolecular Hbond substituents is 1. The minimum atomic E-state index is -1.12. The first-order chi connectivity index (χ1) is 14.0. The Morgan fingerprint density at radius 1 is 1.00 bits per heavy atom. The van der Waals surface area contributed by atoms with Crippen LogP contribution in [0, 0.1) is 0 Å². The van der Waals surface area contributed by atoms with Crippen molar-refractivity contribution in [3.05, 3.63) is 59.4 Å². The summed E-state index contributed by atoms with van der Waals surface area (Å²) in [6.45, 7) is 5.09. The molecule has 0 heterocycles. The highest BCUT2D eigenvalue weighted by atomic mass is 16.5. The lowest BCUT2D eigenvalue weighted by atomic mass is 10.1. The molecule has 0 fully saturated rings. The fourth-order valence-electron chi connectivity index (χ4n) is 2.59. The van der Waals surface area contributed by atoms with Gasteiger partial charge in [-0.15, -0.1) is 0 Å². The van der Waals surface area contributed by atoms with E-state index in [0.717, 1.165) is 18.4 Å². The number of phenols is 1. The van der Waals surface area contributed by atoms with Gasteiger partial charge in [-0.2, -0.15) is 0 Å². The van der Waals surface area contributed by atoms with Crippen LogP contribution in [0.2, 0.25) is 0 Å². The molecule has 0 aliphatic heterocycles. The molecule has 6 nitrogen and oxygen atoms in total. The molecule has 0 saturated carbocycles. The maximum atomic E-state index is 11.3. The highest BCUT2D eigenvalue weighted by Gasteiger charge is 2.11. The largest absolute Gasteiger partial charge is 0.508 e. The zero-order valence-electron chi connectivity index (χ0n) is 16.9. The summed E-state index contributed by atoms with van der Waals surface area (Å²) >= 11 is 0. The first-order valence-corrected chi connectivity index (χ1v) is 9.78. The first-order valence-electron chi connectivity index (χ1n) is 9.78. The highest BCUT2D eigenvalue weighted by Crippen LogP contribution is 2.30. The maximum absolute atomic E-state index is 11.3. The summed E-state index contributed by atoms with van der Waals surface area (Å²) in [4.78, 5) is 11.3. The van der Waals surface area contributed by atoms with Gasteiger partial charge in [0.25, 0.3) is 0 Å². The van der Waals surface area contributed by atoms with E-state index in [4.69, 9.17) is 14.2 Å². The van der Waals surface area contributed by atoms with Gasteiger partial charge in [0.1, 0.15) is 5.75 Å². The molecule has 0 amide bonds. The van der Waals surface area contributed by atoms with Crippen molar-refractivity contribution in [2.24, 2.45) is 0 Å². The normalized spacial score (nSPS) is 11.2. The van der Waals surface area contributed by atoms with E-state index >= 15 is 0 Å². The third-order valence-electron chi connectivity index (χ3n) is 4.12. The van der Waals surface area contributed by atoms with Crippen LogP contribution in [-0.2, 0) is 16.0 Å². The van der Waals surface area contributed by atoms with Crippen molar-refractivity contribution in [3.8, 4) is 17.2 Å². The van der Waals surface area contributed by atoms with Crippen LogP contribution >= 0.6 is 0 Å². The Morgan fingerprint density at radius 3 is 2.38 bits per heavy atom. The van der Waals surface area contributed by atoms with Gasteiger partial charge in [-0.3, -0.25) is 0 Å². The SMILES string of the molecule is CCCCOc1cc(/C=C(/OCC)C(=O)O)ccc1OCCc1ccc(O)cc1. The molecule has 29 heavy (non-hydrogen) atoms. The van der Waals surface area contributed by atoms with Crippen LogP contribution in [0.3, 0.4) is 0 Å². The van der Waals surface area contributed by atoms with Crippen LogP contribution in [0.5, 0.6) is 17.2 Å². The minimum Gasteiger partial charge on any atom is -0.508 e. The van der Waals surface area contributed by atoms with Crippen LogP contribution < -0.4 is 9.47 Å². The van der Waals surface area contributed by atoms with Crippen molar-refractivity contribution in [2.75, 3.05) is 19.8 Å². The standard InChI is InChI=1S/C23H28O6/c1-3-5-13-28-21-15-18(16-22(23(25)26)27-4-2)8-11-20(21)29-14-12-17-6-9-19(24)10-7-17/h6-11,15-16,24H,3-5,12-14H2,1-2H3,(H,25,26)/b22-16+. The third kappa shape index (κ3) is 7.41. The van der Waals surface area contributed by atoms with Crippen molar-refractivity contribution in [2.45, 2.75) is 33.1 Å². The molecule has 2 rings (SSSR count). The summed E-state index contributed by atoms with van der Waals surface area (Å²) in [5, 5.41) is 18.6. The Hall–Kier alpha value is -3.15. The number of hydrogen-bond acceptors (Lipinski definition) is 5.